The summed E-state index contributed by atoms with van der Waals surface area (Å²) >= 11 is 0. The minimum Gasteiger partial charge on any atom is -0.468 e. The smallest absolute Gasteiger partial charge is 0.330 e. The zero-order valence-electron chi connectivity index (χ0n) is 17.8. The summed E-state index contributed by atoms with van der Waals surface area (Å²) in [7, 11) is 0.820. The minimum absolute atomic E-state index is 0.183. The maximum absolute atomic E-state index is 12.3. The van der Waals surface area contributed by atoms with Gasteiger partial charge in [0.2, 0.25) is 0 Å². The Hall–Kier alpha value is -0.710. The number of unbranched alkanes of at least 4 members (excludes halogenated alkanes) is 7. The van der Waals surface area contributed by atoms with Crippen molar-refractivity contribution in [1.82, 2.24) is 0 Å². The van der Waals surface area contributed by atoms with Crippen LogP contribution in [0.4, 0.5) is 0 Å². The summed E-state index contributed by atoms with van der Waals surface area (Å²) in [6.07, 6.45) is 10.8. The van der Waals surface area contributed by atoms with Crippen molar-refractivity contribution < 1.29 is 27.9 Å². The number of ether oxygens (including phenoxy) is 1. The van der Waals surface area contributed by atoms with E-state index in [-0.39, 0.29) is 17.9 Å². The number of methoxy groups -OCH3 is 1. The lowest BCUT2D eigenvalue weighted by atomic mass is 9.83. The zero-order valence-corrected chi connectivity index (χ0v) is 18.7. The van der Waals surface area contributed by atoms with E-state index in [1.807, 2.05) is 0 Å². The molecule has 0 fully saturated rings. The monoisotopic (exact) mass is 406 g/mol. The summed E-state index contributed by atoms with van der Waals surface area (Å²) in [4.78, 5) is 24.2. The van der Waals surface area contributed by atoms with Crippen LogP contribution in [0.1, 0.15) is 78.1 Å². The van der Waals surface area contributed by atoms with Crippen LogP contribution >= 0.6 is 7.60 Å². The third-order valence-corrected chi connectivity index (χ3v) is 7.04. The number of rotatable bonds is 17. The first-order valence-electron chi connectivity index (χ1n) is 10.1. The van der Waals surface area contributed by atoms with Crippen molar-refractivity contribution in [2.24, 2.45) is 11.8 Å². The second-order valence-corrected chi connectivity index (χ2v) is 9.52. The van der Waals surface area contributed by atoms with Crippen molar-refractivity contribution in [3.63, 3.8) is 0 Å². The zero-order chi connectivity index (χ0) is 20.7. The fourth-order valence-corrected chi connectivity index (χ4v) is 4.58. The number of ketones is 1. The van der Waals surface area contributed by atoms with E-state index in [2.05, 4.69) is 6.92 Å². The quantitative estimate of drug-likeness (QED) is 0.139. The molecule has 0 radical (unpaired) electrons. The van der Waals surface area contributed by atoms with Crippen molar-refractivity contribution in [3.8, 4) is 0 Å². The Balaban J connectivity index is 4.71. The van der Waals surface area contributed by atoms with Crippen LogP contribution in [0.3, 0.4) is 0 Å². The van der Waals surface area contributed by atoms with Gasteiger partial charge in [-0.15, -0.1) is 0 Å². The summed E-state index contributed by atoms with van der Waals surface area (Å²) in [5.41, 5.74) is 0. The van der Waals surface area contributed by atoms with E-state index in [9.17, 15) is 14.2 Å². The normalized spacial score (nSPS) is 14.0. The maximum Gasteiger partial charge on any atom is 0.330 e. The molecule has 0 rings (SSSR count). The first-order chi connectivity index (χ1) is 12.8. The predicted molar refractivity (Wildman–Crippen MR) is 108 cm³/mol. The molecule has 0 amide bonds. The van der Waals surface area contributed by atoms with Gasteiger partial charge in [-0.1, -0.05) is 58.3 Å². The van der Waals surface area contributed by atoms with Crippen LogP contribution < -0.4 is 0 Å². The third-order valence-electron chi connectivity index (χ3n) is 5.12. The highest BCUT2D eigenvalue weighted by atomic mass is 31.2. The minimum atomic E-state index is -3.17. The highest BCUT2D eigenvalue weighted by Gasteiger charge is 2.34. The van der Waals surface area contributed by atoms with E-state index >= 15 is 0 Å². The van der Waals surface area contributed by atoms with Crippen LogP contribution in [0.25, 0.3) is 0 Å². The summed E-state index contributed by atoms with van der Waals surface area (Å²) in [6, 6.07) is 0. The van der Waals surface area contributed by atoms with Gasteiger partial charge in [-0.3, -0.25) is 14.2 Å². The Labute approximate surface area is 165 Å². The SMILES string of the molecule is CCCCCCCCCCC(CCP(=O)(OC)OC)C(C(C)=O)C(=O)OC. The predicted octanol–water partition coefficient (Wildman–Crippen LogP) is 5.39. The Morgan fingerprint density at radius 3 is 1.81 bits per heavy atom. The molecular weight excluding hydrogens is 367 g/mol. The second kappa shape index (κ2) is 15.2. The number of hydrogen-bond acceptors (Lipinski definition) is 6. The molecule has 0 spiro atoms. The molecule has 0 aliphatic rings. The number of hydrogen-bond donors (Lipinski definition) is 0. The fraction of sp³-hybridized carbons (Fsp3) is 0.900. The number of Topliss-reactive ketones (excluding diaryl/α,β-unsaturated/α-hetero) is 1. The number of carbonyl (C=O) groups is 2. The Morgan fingerprint density at radius 2 is 1.37 bits per heavy atom. The first-order valence-corrected chi connectivity index (χ1v) is 11.9. The van der Waals surface area contributed by atoms with Crippen LogP contribution in [0.5, 0.6) is 0 Å². The van der Waals surface area contributed by atoms with Gasteiger partial charge >= 0.3 is 13.6 Å². The molecular formula is C20H39O6P. The van der Waals surface area contributed by atoms with E-state index in [0.29, 0.717) is 6.42 Å². The molecule has 0 aliphatic heterocycles. The van der Waals surface area contributed by atoms with Gasteiger partial charge in [0.1, 0.15) is 11.7 Å². The summed E-state index contributed by atoms with van der Waals surface area (Å²) in [5, 5.41) is 0. The van der Waals surface area contributed by atoms with Gasteiger partial charge in [-0.2, -0.15) is 0 Å². The van der Waals surface area contributed by atoms with Gasteiger partial charge in [0.15, 0.2) is 0 Å². The van der Waals surface area contributed by atoms with E-state index in [1.165, 1.54) is 60.4 Å². The van der Waals surface area contributed by atoms with Gasteiger partial charge in [0, 0.05) is 14.2 Å². The molecule has 0 aromatic rings. The van der Waals surface area contributed by atoms with Gasteiger partial charge in [-0.05, 0) is 25.7 Å². The Morgan fingerprint density at radius 1 is 0.852 bits per heavy atom. The number of carbonyl (C=O) groups excluding carboxylic acids is 2. The van der Waals surface area contributed by atoms with Crippen molar-refractivity contribution >= 4 is 19.3 Å². The molecule has 0 bridgehead atoms. The molecule has 160 valence electrons. The molecule has 7 heteroatoms. The molecule has 2 atom stereocenters. The lowest BCUT2D eigenvalue weighted by Gasteiger charge is -2.24. The third kappa shape index (κ3) is 11.0. The maximum atomic E-state index is 12.3. The van der Waals surface area contributed by atoms with Crippen LogP contribution in [-0.2, 0) is 27.9 Å². The molecule has 2 unspecified atom stereocenters. The van der Waals surface area contributed by atoms with Gasteiger partial charge in [0.05, 0.1) is 13.3 Å². The molecule has 27 heavy (non-hydrogen) atoms. The van der Waals surface area contributed by atoms with Crippen LogP contribution in [0.15, 0.2) is 0 Å². The average Bonchev–Trinajstić information content (AvgIpc) is 2.66. The summed E-state index contributed by atoms with van der Waals surface area (Å²) < 4.78 is 27.1. The van der Waals surface area contributed by atoms with Crippen molar-refractivity contribution in [2.75, 3.05) is 27.5 Å². The fourth-order valence-electron chi connectivity index (χ4n) is 3.42. The molecule has 0 aromatic heterocycles. The Kier molecular flexibility index (Phi) is 14.8. The first kappa shape index (κ1) is 26.3. The van der Waals surface area contributed by atoms with Crippen LogP contribution in [0.2, 0.25) is 0 Å². The standard InChI is InChI=1S/C20H39O6P/c1-6-7-8-9-10-11-12-13-14-18(15-16-27(23,25-4)26-5)19(17(2)21)20(22)24-3/h18-19H,6-16H2,1-5H3. The topological polar surface area (TPSA) is 78.9 Å². The summed E-state index contributed by atoms with van der Waals surface area (Å²) in [6.45, 7) is 3.62. The van der Waals surface area contributed by atoms with Crippen LogP contribution in [0, 0.1) is 11.8 Å². The second-order valence-electron chi connectivity index (χ2n) is 7.12. The van der Waals surface area contributed by atoms with E-state index in [1.54, 1.807) is 0 Å². The molecule has 0 aliphatic carbocycles. The average molecular weight is 407 g/mol. The van der Waals surface area contributed by atoms with Gasteiger partial charge in [-0.25, -0.2) is 0 Å². The highest BCUT2D eigenvalue weighted by molar-refractivity contribution is 7.53. The molecule has 0 heterocycles. The lowest BCUT2D eigenvalue weighted by Crippen LogP contribution is -2.31. The van der Waals surface area contributed by atoms with Gasteiger partial charge in [0.25, 0.3) is 0 Å². The van der Waals surface area contributed by atoms with E-state index in [4.69, 9.17) is 13.8 Å². The lowest BCUT2D eigenvalue weighted by molar-refractivity contribution is -0.151. The van der Waals surface area contributed by atoms with Crippen molar-refractivity contribution in [1.29, 1.82) is 0 Å². The molecule has 0 aromatic carbocycles. The number of esters is 1. The highest BCUT2D eigenvalue weighted by Crippen LogP contribution is 2.48. The van der Waals surface area contributed by atoms with E-state index in [0.717, 1.165) is 25.7 Å². The molecule has 0 N–H and O–H groups in total. The largest absolute Gasteiger partial charge is 0.468 e. The van der Waals surface area contributed by atoms with Crippen molar-refractivity contribution in [2.45, 2.75) is 78.1 Å². The Bertz CT molecular complexity index is 457. The molecule has 0 saturated carbocycles. The summed E-state index contributed by atoms with van der Waals surface area (Å²) in [5.74, 6) is -1.76. The molecule has 6 nitrogen and oxygen atoms in total. The van der Waals surface area contributed by atoms with E-state index < -0.39 is 19.5 Å². The molecule has 0 saturated heterocycles. The van der Waals surface area contributed by atoms with Crippen LogP contribution in [-0.4, -0.2) is 39.2 Å². The van der Waals surface area contributed by atoms with Crippen molar-refractivity contribution in [3.05, 3.63) is 0 Å². The van der Waals surface area contributed by atoms with Gasteiger partial charge < -0.3 is 13.8 Å².